The molecule has 5 heteroatoms. The van der Waals surface area contributed by atoms with Gasteiger partial charge in [0.25, 0.3) is 0 Å². The summed E-state index contributed by atoms with van der Waals surface area (Å²) in [6.45, 7) is 0.251. The Labute approximate surface area is 92.5 Å². The number of phenols is 1. The lowest BCUT2D eigenvalue weighted by molar-refractivity contribution is 0.201. The molecule has 1 rings (SSSR count). The first-order chi connectivity index (χ1) is 7.27. The second-order valence-electron chi connectivity index (χ2n) is 2.77. The maximum absolute atomic E-state index is 9.48. The van der Waals surface area contributed by atoms with Crippen LogP contribution in [0.1, 0.15) is 0 Å². The number of hydrogen-bond donors (Lipinski definition) is 3. The molecule has 3 N–H and O–H groups in total. The highest BCUT2D eigenvalue weighted by atomic mass is 32.2. The van der Waals surface area contributed by atoms with E-state index in [4.69, 9.17) is 14.9 Å². The van der Waals surface area contributed by atoms with E-state index in [1.54, 1.807) is 12.1 Å². The van der Waals surface area contributed by atoms with Gasteiger partial charge in [-0.1, -0.05) is 0 Å². The monoisotopic (exact) mass is 230 g/mol. The van der Waals surface area contributed by atoms with Gasteiger partial charge in [-0.25, -0.2) is 0 Å². The number of aliphatic hydroxyl groups is 2. The average molecular weight is 230 g/mol. The van der Waals surface area contributed by atoms with Crippen LogP contribution in [0.15, 0.2) is 23.1 Å². The van der Waals surface area contributed by atoms with Gasteiger partial charge in [0.05, 0.1) is 18.1 Å². The smallest absolute Gasteiger partial charge is 0.129 e. The maximum Gasteiger partial charge on any atom is 0.129 e. The van der Waals surface area contributed by atoms with E-state index in [1.807, 2.05) is 0 Å². The first-order valence-electron chi connectivity index (χ1n) is 4.58. The second-order valence-corrected chi connectivity index (χ2v) is 3.91. The van der Waals surface area contributed by atoms with Crippen molar-refractivity contribution >= 4 is 11.8 Å². The van der Waals surface area contributed by atoms with Crippen molar-refractivity contribution < 1.29 is 20.1 Å². The van der Waals surface area contributed by atoms with Crippen LogP contribution < -0.4 is 4.74 Å². The lowest BCUT2D eigenvalue weighted by Crippen LogP contribution is -2.01. The summed E-state index contributed by atoms with van der Waals surface area (Å²) in [4.78, 5) is 0.666. The van der Waals surface area contributed by atoms with E-state index < -0.39 is 0 Å². The molecule has 0 fully saturated rings. The molecule has 0 unspecified atom stereocenters. The number of aliphatic hydroxyl groups excluding tert-OH is 2. The lowest BCUT2D eigenvalue weighted by atomic mass is 10.3. The van der Waals surface area contributed by atoms with E-state index in [0.29, 0.717) is 16.4 Å². The van der Waals surface area contributed by atoms with Gasteiger partial charge in [0.1, 0.15) is 18.1 Å². The minimum absolute atomic E-state index is 0.0417. The zero-order valence-electron chi connectivity index (χ0n) is 8.22. The molecule has 4 nitrogen and oxygen atoms in total. The van der Waals surface area contributed by atoms with Crippen molar-refractivity contribution in [2.24, 2.45) is 0 Å². The summed E-state index contributed by atoms with van der Waals surface area (Å²) < 4.78 is 5.19. The first-order valence-corrected chi connectivity index (χ1v) is 5.57. The summed E-state index contributed by atoms with van der Waals surface area (Å²) in [5, 5.41) is 26.7. The number of thioether (sulfide) groups is 1. The van der Waals surface area contributed by atoms with Gasteiger partial charge in [-0.15, -0.1) is 11.8 Å². The summed E-state index contributed by atoms with van der Waals surface area (Å²) in [6, 6.07) is 4.85. The predicted octanol–water partition coefficient (Wildman–Crippen LogP) is 0.848. The van der Waals surface area contributed by atoms with E-state index >= 15 is 0 Å². The molecule has 84 valence electrons. The summed E-state index contributed by atoms with van der Waals surface area (Å²) in [6.07, 6.45) is 0. The Hall–Kier alpha value is -0.910. The molecule has 0 aliphatic rings. The summed E-state index contributed by atoms with van der Waals surface area (Å²) >= 11 is 1.35. The molecule has 0 saturated carbocycles. The third kappa shape index (κ3) is 3.99. The average Bonchev–Trinajstić information content (AvgIpc) is 2.26. The molecule has 0 amide bonds. The molecular weight excluding hydrogens is 216 g/mol. The van der Waals surface area contributed by atoms with Crippen LogP contribution in [0.3, 0.4) is 0 Å². The van der Waals surface area contributed by atoms with Gasteiger partial charge in [0, 0.05) is 5.75 Å². The SMILES string of the molecule is OCCOc1ccc(O)c(SCCO)c1. The van der Waals surface area contributed by atoms with Crippen molar-refractivity contribution in [3.63, 3.8) is 0 Å². The van der Waals surface area contributed by atoms with Crippen LogP contribution in [0.25, 0.3) is 0 Å². The Morgan fingerprint density at radius 3 is 2.67 bits per heavy atom. The summed E-state index contributed by atoms with van der Waals surface area (Å²) in [5.41, 5.74) is 0. The molecule has 1 aromatic carbocycles. The highest BCUT2D eigenvalue weighted by molar-refractivity contribution is 7.99. The molecule has 1 aromatic rings. The van der Waals surface area contributed by atoms with Crippen LogP contribution in [0.5, 0.6) is 11.5 Å². The number of hydrogen-bond acceptors (Lipinski definition) is 5. The predicted molar refractivity (Wildman–Crippen MR) is 58.5 cm³/mol. The number of rotatable bonds is 6. The van der Waals surface area contributed by atoms with E-state index in [1.165, 1.54) is 17.8 Å². The number of aromatic hydroxyl groups is 1. The minimum atomic E-state index is -0.0417. The quantitative estimate of drug-likeness (QED) is 0.632. The highest BCUT2D eigenvalue weighted by Crippen LogP contribution is 2.31. The lowest BCUT2D eigenvalue weighted by Gasteiger charge is -2.07. The van der Waals surface area contributed by atoms with Gasteiger partial charge in [0.2, 0.25) is 0 Å². The molecule has 0 heterocycles. The normalized spacial score (nSPS) is 10.3. The van der Waals surface area contributed by atoms with Crippen LogP contribution in [0.4, 0.5) is 0 Å². The van der Waals surface area contributed by atoms with Gasteiger partial charge in [-0.2, -0.15) is 0 Å². The fourth-order valence-electron chi connectivity index (χ4n) is 1.02. The zero-order chi connectivity index (χ0) is 11.1. The third-order valence-electron chi connectivity index (χ3n) is 1.64. The standard InChI is InChI=1S/C10H14O4S/c11-3-5-14-8-1-2-9(13)10(7-8)15-6-4-12/h1-2,7,11-13H,3-6H2. The molecule has 0 bridgehead atoms. The van der Waals surface area contributed by atoms with E-state index in [2.05, 4.69) is 0 Å². The maximum atomic E-state index is 9.48. The molecule has 0 atom stereocenters. The Morgan fingerprint density at radius 2 is 2.00 bits per heavy atom. The first kappa shape index (κ1) is 12.2. The largest absolute Gasteiger partial charge is 0.507 e. The van der Waals surface area contributed by atoms with Gasteiger partial charge in [0.15, 0.2) is 0 Å². The van der Waals surface area contributed by atoms with Crippen LogP contribution in [-0.2, 0) is 0 Å². The van der Waals surface area contributed by atoms with E-state index in [0.717, 1.165) is 0 Å². The van der Waals surface area contributed by atoms with Gasteiger partial charge in [-0.05, 0) is 18.2 Å². The molecule has 15 heavy (non-hydrogen) atoms. The minimum Gasteiger partial charge on any atom is -0.507 e. The van der Waals surface area contributed by atoms with Crippen molar-refractivity contribution in [1.29, 1.82) is 0 Å². The van der Waals surface area contributed by atoms with Crippen molar-refractivity contribution in [2.75, 3.05) is 25.6 Å². The zero-order valence-corrected chi connectivity index (χ0v) is 9.04. The Bertz CT molecular complexity index is 303. The van der Waals surface area contributed by atoms with Gasteiger partial charge < -0.3 is 20.1 Å². The van der Waals surface area contributed by atoms with Gasteiger partial charge >= 0.3 is 0 Å². The van der Waals surface area contributed by atoms with Crippen LogP contribution in [0, 0.1) is 0 Å². The summed E-state index contributed by atoms with van der Waals surface area (Å²) in [7, 11) is 0. The molecule has 0 spiro atoms. The molecule has 0 aromatic heterocycles. The van der Waals surface area contributed by atoms with E-state index in [9.17, 15) is 5.11 Å². The fourth-order valence-corrected chi connectivity index (χ4v) is 1.75. The van der Waals surface area contributed by atoms with Crippen LogP contribution in [0.2, 0.25) is 0 Å². The Balaban J connectivity index is 2.66. The molecule has 0 saturated heterocycles. The highest BCUT2D eigenvalue weighted by Gasteiger charge is 2.03. The Morgan fingerprint density at radius 1 is 1.20 bits per heavy atom. The third-order valence-corrected chi connectivity index (χ3v) is 2.66. The molecule has 0 aliphatic heterocycles. The number of phenolic OH excluding ortho intramolecular Hbond substituents is 1. The van der Waals surface area contributed by atoms with Gasteiger partial charge in [-0.3, -0.25) is 0 Å². The summed E-state index contributed by atoms with van der Waals surface area (Å²) in [5.74, 6) is 1.30. The van der Waals surface area contributed by atoms with Crippen molar-refractivity contribution in [3.05, 3.63) is 18.2 Å². The Kier molecular flexibility index (Phi) is 5.31. The molecule has 0 radical (unpaired) electrons. The van der Waals surface area contributed by atoms with Crippen LogP contribution in [-0.4, -0.2) is 40.9 Å². The van der Waals surface area contributed by atoms with Crippen molar-refractivity contribution in [2.45, 2.75) is 4.90 Å². The molecule has 0 aliphatic carbocycles. The second kappa shape index (κ2) is 6.55. The number of benzene rings is 1. The number of ether oxygens (including phenoxy) is 1. The van der Waals surface area contributed by atoms with Crippen molar-refractivity contribution in [1.82, 2.24) is 0 Å². The fraction of sp³-hybridized carbons (Fsp3) is 0.400. The molecular formula is C10H14O4S. The van der Waals surface area contributed by atoms with Crippen LogP contribution >= 0.6 is 11.8 Å². The topological polar surface area (TPSA) is 69.9 Å². The van der Waals surface area contributed by atoms with E-state index in [-0.39, 0.29) is 25.6 Å². The van der Waals surface area contributed by atoms with Crippen molar-refractivity contribution in [3.8, 4) is 11.5 Å².